The van der Waals surface area contributed by atoms with Crippen molar-refractivity contribution in [2.75, 3.05) is 39.8 Å². The Hall–Kier alpha value is -0.650. The van der Waals surface area contributed by atoms with Gasteiger partial charge in [0.25, 0.3) is 0 Å². The Balaban J connectivity index is 2.13. The van der Waals surface area contributed by atoms with Crippen LogP contribution in [-0.2, 0) is 9.53 Å². The Labute approximate surface area is 104 Å². The van der Waals surface area contributed by atoms with Crippen LogP contribution in [0.25, 0.3) is 0 Å². The Morgan fingerprint density at radius 1 is 1.53 bits per heavy atom. The molecule has 1 atom stereocenters. The zero-order valence-corrected chi connectivity index (χ0v) is 10.9. The van der Waals surface area contributed by atoms with Crippen molar-refractivity contribution in [3.8, 4) is 0 Å². The number of nitrogens with one attached hydrogen (secondary N) is 1. The Morgan fingerprint density at radius 3 is 2.71 bits per heavy atom. The number of rotatable bonds is 6. The van der Waals surface area contributed by atoms with Gasteiger partial charge in [0.1, 0.15) is 6.10 Å². The summed E-state index contributed by atoms with van der Waals surface area (Å²) < 4.78 is 4.97. The van der Waals surface area contributed by atoms with E-state index in [0.717, 1.165) is 25.6 Å². The summed E-state index contributed by atoms with van der Waals surface area (Å²) in [5, 5.41) is 2.86. The molecular weight excluding hydrogens is 218 g/mol. The third kappa shape index (κ3) is 5.02. The van der Waals surface area contributed by atoms with Gasteiger partial charge in [0.2, 0.25) is 5.91 Å². The topological polar surface area (TPSA) is 67.6 Å². The maximum atomic E-state index is 11.6. The molecule has 3 N–H and O–H groups in total. The van der Waals surface area contributed by atoms with Crippen LogP contribution in [0.3, 0.4) is 0 Å². The predicted molar refractivity (Wildman–Crippen MR) is 67.7 cm³/mol. The number of amides is 1. The van der Waals surface area contributed by atoms with Crippen LogP contribution in [0.4, 0.5) is 0 Å². The number of ether oxygens (including phenoxy) is 1. The van der Waals surface area contributed by atoms with E-state index in [4.69, 9.17) is 10.5 Å². The molecule has 1 aliphatic rings. The molecule has 1 saturated heterocycles. The SMILES string of the molecule is COC(CN)C(=O)NCCN1CCC(C)CC1. The lowest BCUT2D eigenvalue weighted by Gasteiger charge is -2.30. The molecule has 0 aromatic carbocycles. The van der Waals surface area contributed by atoms with Crippen molar-refractivity contribution < 1.29 is 9.53 Å². The van der Waals surface area contributed by atoms with E-state index in [2.05, 4.69) is 17.1 Å². The minimum absolute atomic E-state index is 0.111. The number of carbonyl (C=O) groups excluding carboxylic acids is 1. The lowest BCUT2D eigenvalue weighted by molar-refractivity contribution is -0.130. The number of hydrogen-bond acceptors (Lipinski definition) is 4. The Morgan fingerprint density at radius 2 is 2.18 bits per heavy atom. The Bertz CT molecular complexity index is 224. The molecule has 1 amide bonds. The molecule has 1 unspecified atom stereocenters. The number of hydrogen-bond donors (Lipinski definition) is 2. The molecule has 17 heavy (non-hydrogen) atoms. The molecule has 0 radical (unpaired) electrons. The maximum absolute atomic E-state index is 11.6. The lowest BCUT2D eigenvalue weighted by atomic mass is 9.99. The van der Waals surface area contributed by atoms with Crippen molar-refractivity contribution in [1.82, 2.24) is 10.2 Å². The van der Waals surface area contributed by atoms with Crippen molar-refractivity contribution in [3.63, 3.8) is 0 Å². The van der Waals surface area contributed by atoms with Crippen LogP contribution in [-0.4, -0.2) is 56.7 Å². The molecule has 1 heterocycles. The van der Waals surface area contributed by atoms with Crippen molar-refractivity contribution in [2.45, 2.75) is 25.9 Å². The molecular formula is C12H25N3O2. The van der Waals surface area contributed by atoms with Gasteiger partial charge in [-0.25, -0.2) is 0 Å². The standard InChI is InChI=1S/C12H25N3O2/c1-10-3-6-15(7-4-10)8-5-14-12(16)11(9-13)17-2/h10-11H,3-9,13H2,1-2H3,(H,14,16). The molecule has 0 spiro atoms. The van der Waals surface area contributed by atoms with E-state index in [1.807, 2.05) is 0 Å². The van der Waals surface area contributed by atoms with Gasteiger partial charge >= 0.3 is 0 Å². The summed E-state index contributed by atoms with van der Waals surface area (Å²) in [6, 6.07) is 0. The van der Waals surface area contributed by atoms with E-state index >= 15 is 0 Å². The molecule has 0 aromatic rings. The van der Waals surface area contributed by atoms with E-state index in [1.165, 1.54) is 20.0 Å². The minimum Gasteiger partial charge on any atom is -0.370 e. The second-order valence-electron chi connectivity index (χ2n) is 4.78. The van der Waals surface area contributed by atoms with Gasteiger partial charge in [0.15, 0.2) is 0 Å². The van der Waals surface area contributed by atoms with Gasteiger partial charge in [-0.3, -0.25) is 4.79 Å². The summed E-state index contributed by atoms with van der Waals surface area (Å²) >= 11 is 0. The summed E-state index contributed by atoms with van der Waals surface area (Å²) in [6.45, 7) is 6.39. The molecule has 5 heteroatoms. The predicted octanol–water partition coefficient (Wildman–Crippen LogP) is -0.192. The fraction of sp³-hybridized carbons (Fsp3) is 0.917. The number of nitrogens with zero attached hydrogens (tertiary/aromatic N) is 1. The average molecular weight is 243 g/mol. The van der Waals surface area contributed by atoms with E-state index in [9.17, 15) is 4.79 Å². The van der Waals surface area contributed by atoms with Gasteiger partial charge in [-0.1, -0.05) is 6.92 Å². The summed E-state index contributed by atoms with van der Waals surface area (Å²) in [5.74, 6) is 0.733. The van der Waals surface area contributed by atoms with Crippen LogP contribution in [0.5, 0.6) is 0 Å². The fourth-order valence-electron chi connectivity index (χ4n) is 2.05. The molecule has 1 fully saturated rings. The molecule has 1 rings (SSSR count). The second-order valence-corrected chi connectivity index (χ2v) is 4.78. The fourth-order valence-corrected chi connectivity index (χ4v) is 2.05. The van der Waals surface area contributed by atoms with E-state index in [-0.39, 0.29) is 12.5 Å². The first-order valence-electron chi connectivity index (χ1n) is 6.40. The highest BCUT2D eigenvalue weighted by atomic mass is 16.5. The molecule has 0 saturated carbocycles. The minimum atomic E-state index is -0.517. The monoisotopic (exact) mass is 243 g/mol. The molecule has 1 aliphatic heterocycles. The quantitative estimate of drug-likeness (QED) is 0.678. The molecule has 5 nitrogen and oxygen atoms in total. The van der Waals surface area contributed by atoms with E-state index in [1.54, 1.807) is 0 Å². The van der Waals surface area contributed by atoms with Crippen molar-refractivity contribution in [2.24, 2.45) is 11.7 Å². The smallest absolute Gasteiger partial charge is 0.250 e. The maximum Gasteiger partial charge on any atom is 0.250 e. The van der Waals surface area contributed by atoms with Gasteiger partial charge in [-0.05, 0) is 31.8 Å². The summed E-state index contributed by atoms with van der Waals surface area (Å²) in [6.07, 6.45) is 2.01. The Kier molecular flexibility index (Phi) is 6.47. The van der Waals surface area contributed by atoms with Gasteiger partial charge in [0.05, 0.1) is 0 Å². The number of methoxy groups -OCH3 is 1. The summed E-state index contributed by atoms with van der Waals surface area (Å²) in [4.78, 5) is 14.0. The highest BCUT2D eigenvalue weighted by Gasteiger charge is 2.17. The van der Waals surface area contributed by atoms with Crippen LogP contribution in [0.2, 0.25) is 0 Å². The van der Waals surface area contributed by atoms with Gasteiger partial charge in [0, 0.05) is 26.7 Å². The highest BCUT2D eigenvalue weighted by molar-refractivity contribution is 5.80. The molecule has 0 aromatic heterocycles. The number of nitrogens with two attached hydrogens (primary N) is 1. The molecule has 100 valence electrons. The van der Waals surface area contributed by atoms with Crippen LogP contribution < -0.4 is 11.1 Å². The first-order valence-corrected chi connectivity index (χ1v) is 6.40. The lowest BCUT2D eigenvalue weighted by Crippen LogP contribution is -2.44. The summed E-state index contributed by atoms with van der Waals surface area (Å²) in [7, 11) is 1.50. The second kappa shape index (κ2) is 7.63. The molecule has 0 aliphatic carbocycles. The van der Waals surface area contributed by atoms with Gasteiger partial charge in [-0.2, -0.15) is 0 Å². The molecule has 0 bridgehead atoms. The largest absolute Gasteiger partial charge is 0.370 e. The number of piperidine rings is 1. The first-order chi connectivity index (χ1) is 8.17. The third-order valence-electron chi connectivity index (χ3n) is 3.39. The van der Waals surface area contributed by atoms with Crippen molar-refractivity contribution in [3.05, 3.63) is 0 Å². The summed E-state index contributed by atoms with van der Waals surface area (Å²) in [5.41, 5.74) is 5.42. The van der Waals surface area contributed by atoms with Crippen molar-refractivity contribution >= 4 is 5.91 Å². The average Bonchev–Trinajstić information content (AvgIpc) is 2.33. The normalized spacial score (nSPS) is 20.2. The third-order valence-corrected chi connectivity index (χ3v) is 3.39. The number of carbonyl (C=O) groups is 1. The van der Waals surface area contributed by atoms with E-state index in [0.29, 0.717) is 6.54 Å². The van der Waals surface area contributed by atoms with Crippen LogP contribution in [0, 0.1) is 5.92 Å². The van der Waals surface area contributed by atoms with Gasteiger partial charge in [-0.15, -0.1) is 0 Å². The van der Waals surface area contributed by atoms with E-state index < -0.39 is 6.10 Å². The highest BCUT2D eigenvalue weighted by Crippen LogP contribution is 2.14. The van der Waals surface area contributed by atoms with Crippen molar-refractivity contribution in [1.29, 1.82) is 0 Å². The first kappa shape index (κ1) is 14.4. The zero-order chi connectivity index (χ0) is 12.7. The zero-order valence-electron chi connectivity index (χ0n) is 10.9. The number of likely N-dealkylation sites (tertiary alicyclic amines) is 1. The van der Waals surface area contributed by atoms with Crippen LogP contribution >= 0.6 is 0 Å². The van der Waals surface area contributed by atoms with Gasteiger partial charge < -0.3 is 20.7 Å². The van der Waals surface area contributed by atoms with Crippen LogP contribution in [0.1, 0.15) is 19.8 Å². The van der Waals surface area contributed by atoms with Crippen LogP contribution in [0.15, 0.2) is 0 Å².